The number of rotatable bonds is 4. The van der Waals surface area contributed by atoms with Crippen LogP contribution in [0.25, 0.3) is 0 Å². The molecule has 0 unspecified atom stereocenters. The Morgan fingerprint density at radius 1 is 1.23 bits per heavy atom. The van der Waals surface area contributed by atoms with Crippen molar-refractivity contribution in [2.24, 2.45) is 7.05 Å². The lowest BCUT2D eigenvalue weighted by atomic mass is 9.85. The van der Waals surface area contributed by atoms with E-state index in [1.54, 1.807) is 55.9 Å². The minimum atomic E-state index is -0.972. The molecule has 0 saturated heterocycles. The van der Waals surface area contributed by atoms with E-state index in [1.807, 2.05) is 6.92 Å². The number of benzene rings is 1. The molecule has 0 fully saturated rings. The molecule has 6 heteroatoms. The van der Waals surface area contributed by atoms with Crippen molar-refractivity contribution in [3.8, 4) is 0 Å². The highest BCUT2D eigenvalue weighted by Crippen LogP contribution is 2.24. The summed E-state index contributed by atoms with van der Waals surface area (Å²) in [5.41, 5.74) is 1.53. The molecule has 0 bridgehead atoms. The van der Waals surface area contributed by atoms with Gasteiger partial charge < -0.3 is 10.4 Å². The van der Waals surface area contributed by atoms with E-state index in [1.165, 1.54) is 0 Å². The van der Waals surface area contributed by atoms with Crippen LogP contribution in [-0.4, -0.2) is 26.8 Å². The molecule has 1 amide bonds. The first kappa shape index (κ1) is 15.8. The summed E-state index contributed by atoms with van der Waals surface area (Å²) >= 11 is 0. The molecular weight excluding hydrogens is 282 g/mol. The van der Waals surface area contributed by atoms with E-state index in [4.69, 9.17) is 0 Å². The topological polar surface area (TPSA) is 84.2 Å². The van der Waals surface area contributed by atoms with E-state index in [0.29, 0.717) is 16.9 Å². The predicted octanol–water partition coefficient (Wildman–Crippen LogP) is 2.34. The third-order valence-corrected chi connectivity index (χ3v) is 3.75. The van der Waals surface area contributed by atoms with Gasteiger partial charge in [0.25, 0.3) is 5.91 Å². The number of carbonyl (C=O) groups is 2. The molecule has 0 atom stereocenters. The molecule has 1 heterocycles. The normalized spacial score (nSPS) is 11.3. The first-order chi connectivity index (χ1) is 10.2. The lowest BCUT2D eigenvalue weighted by molar-refractivity contribution is -0.142. The maximum Gasteiger partial charge on any atom is 0.313 e. The summed E-state index contributed by atoms with van der Waals surface area (Å²) < 4.78 is 1.63. The van der Waals surface area contributed by atoms with Gasteiger partial charge >= 0.3 is 5.97 Å². The van der Waals surface area contributed by atoms with Gasteiger partial charge in [0.2, 0.25) is 0 Å². The Balaban J connectivity index is 2.15. The monoisotopic (exact) mass is 301 g/mol. The first-order valence-electron chi connectivity index (χ1n) is 6.87. The van der Waals surface area contributed by atoms with Crippen molar-refractivity contribution in [2.75, 3.05) is 5.32 Å². The Morgan fingerprint density at radius 3 is 2.27 bits per heavy atom. The fourth-order valence-corrected chi connectivity index (χ4v) is 1.96. The van der Waals surface area contributed by atoms with Crippen molar-refractivity contribution in [2.45, 2.75) is 26.2 Å². The fraction of sp³-hybridized carbons (Fsp3) is 0.312. The number of carboxylic acids is 1. The molecule has 0 spiro atoms. The van der Waals surface area contributed by atoms with Gasteiger partial charge in [0.05, 0.1) is 5.41 Å². The predicted molar refractivity (Wildman–Crippen MR) is 83.0 cm³/mol. The molecule has 2 N–H and O–H groups in total. The molecule has 0 aliphatic heterocycles. The van der Waals surface area contributed by atoms with Crippen LogP contribution in [0.1, 0.15) is 35.6 Å². The number of hydrogen-bond donors (Lipinski definition) is 2. The van der Waals surface area contributed by atoms with E-state index in [0.717, 1.165) is 5.69 Å². The molecule has 116 valence electrons. The number of anilines is 1. The van der Waals surface area contributed by atoms with Crippen molar-refractivity contribution in [3.63, 3.8) is 0 Å². The van der Waals surface area contributed by atoms with Gasteiger partial charge in [-0.1, -0.05) is 12.1 Å². The van der Waals surface area contributed by atoms with Gasteiger partial charge in [-0.15, -0.1) is 0 Å². The van der Waals surface area contributed by atoms with E-state index in [-0.39, 0.29) is 5.91 Å². The third kappa shape index (κ3) is 3.00. The summed E-state index contributed by atoms with van der Waals surface area (Å²) in [6, 6.07) is 8.49. The Labute approximate surface area is 128 Å². The molecule has 2 rings (SSSR count). The molecule has 0 saturated carbocycles. The second-order valence-electron chi connectivity index (χ2n) is 5.76. The summed E-state index contributed by atoms with van der Waals surface area (Å²) in [6.45, 7) is 5.14. The van der Waals surface area contributed by atoms with Gasteiger partial charge in [-0.3, -0.25) is 14.3 Å². The molecule has 0 radical (unpaired) electrons. The molecule has 1 aromatic heterocycles. The molecule has 1 aromatic carbocycles. The molecule has 0 aliphatic rings. The van der Waals surface area contributed by atoms with Gasteiger partial charge in [-0.25, -0.2) is 0 Å². The average molecular weight is 301 g/mol. The van der Waals surface area contributed by atoms with Gasteiger partial charge in [0.1, 0.15) is 0 Å². The minimum absolute atomic E-state index is 0.297. The Morgan fingerprint density at radius 2 is 1.82 bits per heavy atom. The van der Waals surface area contributed by atoms with Crippen molar-refractivity contribution < 1.29 is 14.7 Å². The lowest BCUT2D eigenvalue weighted by Crippen LogP contribution is -2.28. The number of aryl methyl sites for hydroxylation is 2. The van der Waals surface area contributed by atoms with Crippen LogP contribution >= 0.6 is 0 Å². The average Bonchev–Trinajstić information content (AvgIpc) is 2.79. The Hall–Kier alpha value is -2.63. The fourth-order valence-electron chi connectivity index (χ4n) is 1.96. The van der Waals surface area contributed by atoms with Gasteiger partial charge in [0, 0.05) is 18.4 Å². The lowest BCUT2D eigenvalue weighted by Gasteiger charge is -2.19. The Kier molecular flexibility index (Phi) is 4.03. The van der Waals surface area contributed by atoms with Crippen LogP contribution < -0.4 is 5.32 Å². The van der Waals surface area contributed by atoms with Crippen LogP contribution in [0.5, 0.6) is 0 Å². The number of nitrogens with zero attached hydrogens (tertiary/aromatic N) is 2. The van der Waals surface area contributed by atoms with E-state index in [9.17, 15) is 14.7 Å². The third-order valence-electron chi connectivity index (χ3n) is 3.75. The van der Waals surface area contributed by atoms with E-state index < -0.39 is 11.4 Å². The van der Waals surface area contributed by atoms with Crippen LogP contribution in [0.3, 0.4) is 0 Å². The van der Waals surface area contributed by atoms with Crippen LogP contribution in [-0.2, 0) is 17.3 Å². The second-order valence-corrected chi connectivity index (χ2v) is 5.76. The second kappa shape index (κ2) is 5.63. The number of carboxylic acid groups (broad SMARTS) is 1. The molecule has 6 nitrogen and oxygen atoms in total. The van der Waals surface area contributed by atoms with Crippen molar-refractivity contribution in [3.05, 3.63) is 47.3 Å². The zero-order chi connectivity index (χ0) is 16.5. The smallest absolute Gasteiger partial charge is 0.313 e. The SMILES string of the molecule is Cc1cc(C(=O)Nc2ccc(C(C)(C)C(=O)O)cc2)nn1C. The highest BCUT2D eigenvalue weighted by Gasteiger charge is 2.29. The quantitative estimate of drug-likeness (QED) is 0.908. The van der Waals surface area contributed by atoms with Crippen LogP contribution in [0.15, 0.2) is 30.3 Å². The summed E-state index contributed by atoms with van der Waals surface area (Å²) in [7, 11) is 1.77. The van der Waals surface area contributed by atoms with E-state index in [2.05, 4.69) is 10.4 Å². The number of aliphatic carboxylic acids is 1. The zero-order valence-electron chi connectivity index (χ0n) is 13.0. The number of aromatic nitrogens is 2. The van der Waals surface area contributed by atoms with Gasteiger partial charge in [-0.2, -0.15) is 5.10 Å². The van der Waals surface area contributed by atoms with Crippen molar-refractivity contribution in [1.29, 1.82) is 0 Å². The summed E-state index contributed by atoms with van der Waals surface area (Å²) in [5.74, 6) is -1.19. The molecule has 0 aliphatic carbocycles. The zero-order valence-corrected chi connectivity index (χ0v) is 13.0. The molecular formula is C16H19N3O3. The first-order valence-corrected chi connectivity index (χ1v) is 6.87. The molecule has 22 heavy (non-hydrogen) atoms. The summed E-state index contributed by atoms with van der Waals surface area (Å²) in [6.07, 6.45) is 0. The summed E-state index contributed by atoms with van der Waals surface area (Å²) in [4.78, 5) is 23.3. The van der Waals surface area contributed by atoms with Crippen LogP contribution in [0.2, 0.25) is 0 Å². The maximum absolute atomic E-state index is 12.1. The molecule has 2 aromatic rings. The number of carbonyl (C=O) groups excluding carboxylic acids is 1. The minimum Gasteiger partial charge on any atom is -0.481 e. The van der Waals surface area contributed by atoms with Crippen molar-refractivity contribution >= 4 is 17.6 Å². The number of amides is 1. The van der Waals surface area contributed by atoms with Crippen LogP contribution in [0, 0.1) is 6.92 Å². The van der Waals surface area contributed by atoms with E-state index >= 15 is 0 Å². The number of hydrogen-bond acceptors (Lipinski definition) is 3. The highest BCUT2D eigenvalue weighted by molar-refractivity contribution is 6.02. The van der Waals surface area contributed by atoms with Crippen LogP contribution in [0.4, 0.5) is 5.69 Å². The van der Waals surface area contributed by atoms with Gasteiger partial charge in [0.15, 0.2) is 5.69 Å². The highest BCUT2D eigenvalue weighted by atomic mass is 16.4. The van der Waals surface area contributed by atoms with Gasteiger partial charge in [-0.05, 0) is 44.5 Å². The standard InChI is InChI=1S/C16H19N3O3/c1-10-9-13(18-19(10)4)14(20)17-12-7-5-11(6-8-12)16(2,3)15(21)22/h5-9H,1-4H3,(H,17,20)(H,21,22). The maximum atomic E-state index is 12.1. The number of nitrogens with one attached hydrogen (secondary N) is 1. The largest absolute Gasteiger partial charge is 0.481 e. The summed E-state index contributed by atoms with van der Waals surface area (Å²) in [5, 5.41) is 16.1. The van der Waals surface area contributed by atoms with Crippen molar-refractivity contribution in [1.82, 2.24) is 9.78 Å². The Bertz CT molecular complexity index is 695.